The first kappa shape index (κ1) is 21.9. The van der Waals surface area contributed by atoms with E-state index in [0.717, 1.165) is 6.20 Å². The molecule has 0 bridgehead atoms. The van der Waals surface area contributed by atoms with Gasteiger partial charge in [0.25, 0.3) is 5.91 Å². The molecule has 4 rings (SSSR count). The van der Waals surface area contributed by atoms with Crippen molar-refractivity contribution in [1.82, 2.24) is 9.78 Å². The second-order valence-corrected chi connectivity index (χ2v) is 9.36. The number of para-hydroxylation sites is 1. The Bertz CT molecular complexity index is 1270. The van der Waals surface area contributed by atoms with Crippen LogP contribution < -0.4 is 9.62 Å². The summed E-state index contributed by atoms with van der Waals surface area (Å²) in [6.07, 6.45) is -3.42. The Kier molecular flexibility index (Phi) is 5.45. The molecule has 2 aromatic carbocycles. The number of aromatic nitrogens is 2. The normalized spacial score (nSPS) is 15.7. The number of hydrogen-bond donors (Lipinski definition) is 1. The number of halogens is 3. The summed E-state index contributed by atoms with van der Waals surface area (Å²) < 4.78 is 67.6. The van der Waals surface area contributed by atoms with E-state index >= 15 is 0 Å². The zero-order chi connectivity index (χ0) is 23.1. The van der Waals surface area contributed by atoms with E-state index in [1.807, 2.05) is 0 Å². The molecule has 1 N–H and O–H groups in total. The van der Waals surface area contributed by atoms with Crippen molar-refractivity contribution in [1.29, 1.82) is 0 Å². The number of nitrogens with one attached hydrogen (secondary N) is 1. The van der Waals surface area contributed by atoms with E-state index < -0.39 is 33.4 Å². The van der Waals surface area contributed by atoms with E-state index in [-0.39, 0.29) is 17.1 Å². The fourth-order valence-electron chi connectivity index (χ4n) is 3.61. The minimum Gasteiger partial charge on any atom is -0.322 e. The first-order valence-electron chi connectivity index (χ1n) is 9.71. The van der Waals surface area contributed by atoms with Gasteiger partial charge in [-0.15, -0.1) is 0 Å². The van der Waals surface area contributed by atoms with Gasteiger partial charge in [0.15, 0.2) is 5.69 Å². The van der Waals surface area contributed by atoms with Gasteiger partial charge in [0.2, 0.25) is 10.0 Å². The Morgan fingerprint density at radius 3 is 2.38 bits per heavy atom. The van der Waals surface area contributed by atoms with Crippen molar-refractivity contribution in [2.45, 2.75) is 19.5 Å². The number of carbonyl (C=O) groups excluding carboxylic acids is 1. The van der Waals surface area contributed by atoms with E-state index in [2.05, 4.69) is 10.4 Å². The number of alkyl halides is 3. The van der Waals surface area contributed by atoms with Crippen LogP contribution in [0.15, 0.2) is 54.7 Å². The predicted molar refractivity (Wildman–Crippen MR) is 113 cm³/mol. The Morgan fingerprint density at radius 2 is 1.78 bits per heavy atom. The second-order valence-electron chi connectivity index (χ2n) is 7.35. The third kappa shape index (κ3) is 4.07. The van der Waals surface area contributed by atoms with Crippen molar-refractivity contribution in [3.63, 3.8) is 0 Å². The van der Waals surface area contributed by atoms with Crippen LogP contribution in [0.25, 0.3) is 5.69 Å². The standard InChI is InChI=1S/C21H19F3N4O3S/c1-14-5-2-3-6-18(14)28-19(21(22,23)24)17(13-25-28)20(29)26-15-7-9-16(10-8-15)27-11-4-12-32(27,30)31/h2-3,5-10,13H,4,11-12H2,1H3,(H,26,29). The van der Waals surface area contributed by atoms with Gasteiger partial charge in [-0.25, -0.2) is 13.1 Å². The van der Waals surface area contributed by atoms with Gasteiger partial charge in [0.1, 0.15) is 0 Å². The lowest BCUT2D eigenvalue weighted by atomic mass is 10.1. The molecule has 11 heteroatoms. The third-order valence-electron chi connectivity index (χ3n) is 5.14. The third-order valence-corrected chi connectivity index (χ3v) is 7.01. The number of hydrogen-bond acceptors (Lipinski definition) is 4. The highest BCUT2D eigenvalue weighted by atomic mass is 32.2. The number of carbonyl (C=O) groups is 1. The largest absolute Gasteiger partial charge is 0.434 e. The van der Waals surface area contributed by atoms with Crippen molar-refractivity contribution in [2.24, 2.45) is 0 Å². The Labute approximate surface area is 182 Å². The van der Waals surface area contributed by atoms with Gasteiger partial charge in [0, 0.05) is 12.2 Å². The van der Waals surface area contributed by atoms with E-state index in [4.69, 9.17) is 0 Å². The molecule has 1 aliphatic rings. The van der Waals surface area contributed by atoms with Gasteiger partial charge >= 0.3 is 6.18 Å². The molecule has 1 aromatic heterocycles. The molecule has 0 unspecified atom stereocenters. The molecule has 168 valence electrons. The lowest BCUT2D eigenvalue weighted by Gasteiger charge is -2.17. The van der Waals surface area contributed by atoms with Gasteiger partial charge in [-0.3, -0.25) is 9.10 Å². The number of amides is 1. The van der Waals surface area contributed by atoms with E-state index in [9.17, 15) is 26.4 Å². The number of rotatable bonds is 4. The zero-order valence-corrected chi connectivity index (χ0v) is 17.7. The maximum atomic E-state index is 13.9. The molecule has 0 spiro atoms. The molecule has 1 amide bonds. The molecule has 32 heavy (non-hydrogen) atoms. The number of nitrogens with zero attached hydrogens (tertiary/aromatic N) is 3. The topological polar surface area (TPSA) is 84.3 Å². The first-order chi connectivity index (χ1) is 15.1. The molecule has 3 aromatic rings. The Balaban J connectivity index is 1.62. The molecular weight excluding hydrogens is 445 g/mol. The summed E-state index contributed by atoms with van der Waals surface area (Å²) in [5.41, 5.74) is -0.345. The van der Waals surface area contributed by atoms with Crippen LogP contribution in [0.5, 0.6) is 0 Å². The Hall–Kier alpha value is -3.34. The van der Waals surface area contributed by atoms with Crippen molar-refractivity contribution in [2.75, 3.05) is 21.9 Å². The highest BCUT2D eigenvalue weighted by Gasteiger charge is 2.40. The molecule has 0 saturated carbocycles. The van der Waals surface area contributed by atoms with Crippen LogP contribution in [-0.2, 0) is 16.2 Å². The molecule has 1 saturated heterocycles. The fraction of sp³-hybridized carbons (Fsp3) is 0.238. The maximum Gasteiger partial charge on any atom is 0.434 e. The van der Waals surface area contributed by atoms with Crippen LogP contribution in [0.2, 0.25) is 0 Å². The van der Waals surface area contributed by atoms with Crippen LogP contribution in [-0.4, -0.2) is 36.4 Å². The van der Waals surface area contributed by atoms with Gasteiger partial charge in [0.05, 0.1) is 28.9 Å². The van der Waals surface area contributed by atoms with Crippen LogP contribution in [0, 0.1) is 6.92 Å². The monoisotopic (exact) mass is 464 g/mol. The van der Waals surface area contributed by atoms with Crippen LogP contribution in [0.3, 0.4) is 0 Å². The van der Waals surface area contributed by atoms with Gasteiger partial charge in [-0.1, -0.05) is 18.2 Å². The smallest absolute Gasteiger partial charge is 0.322 e. The van der Waals surface area contributed by atoms with Gasteiger partial charge in [-0.05, 0) is 49.2 Å². The highest BCUT2D eigenvalue weighted by molar-refractivity contribution is 7.93. The van der Waals surface area contributed by atoms with Gasteiger partial charge < -0.3 is 5.32 Å². The van der Waals surface area contributed by atoms with E-state index in [1.54, 1.807) is 25.1 Å². The average molecular weight is 464 g/mol. The maximum absolute atomic E-state index is 13.9. The first-order valence-corrected chi connectivity index (χ1v) is 11.3. The molecular formula is C21H19F3N4O3S. The Morgan fingerprint density at radius 1 is 1.09 bits per heavy atom. The minimum absolute atomic E-state index is 0.0661. The van der Waals surface area contributed by atoms with Crippen molar-refractivity contribution in [3.8, 4) is 5.69 Å². The summed E-state index contributed by atoms with van der Waals surface area (Å²) in [5, 5.41) is 6.25. The van der Waals surface area contributed by atoms with Crippen molar-refractivity contribution >= 4 is 27.3 Å². The number of sulfonamides is 1. The minimum atomic E-state index is -4.82. The molecule has 0 aliphatic carbocycles. The van der Waals surface area contributed by atoms with Crippen LogP contribution >= 0.6 is 0 Å². The van der Waals surface area contributed by atoms with Crippen LogP contribution in [0.1, 0.15) is 28.0 Å². The fourth-order valence-corrected chi connectivity index (χ4v) is 5.17. The summed E-state index contributed by atoms with van der Waals surface area (Å²) in [5.74, 6) is -0.907. The number of anilines is 2. The average Bonchev–Trinajstić information content (AvgIpc) is 3.32. The second kappa shape index (κ2) is 7.97. The van der Waals surface area contributed by atoms with Gasteiger partial charge in [-0.2, -0.15) is 18.3 Å². The predicted octanol–water partition coefficient (Wildman–Crippen LogP) is 3.99. The van der Waals surface area contributed by atoms with E-state index in [1.165, 1.54) is 34.6 Å². The summed E-state index contributed by atoms with van der Waals surface area (Å²) in [7, 11) is -3.36. The molecule has 0 atom stereocenters. The summed E-state index contributed by atoms with van der Waals surface area (Å²) >= 11 is 0. The molecule has 1 aliphatic heterocycles. The molecule has 7 nitrogen and oxygen atoms in total. The molecule has 2 heterocycles. The summed E-state index contributed by atoms with van der Waals surface area (Å²) in [4.78, 5) is 12.7. The van der Waals surface area contributed by atoms with E-state index in [0.29, 0.717) is 28.9 Å². The quantitative estimate of drug-likeness (QED) is 0.633. The summed E-state index contributed by atoms with van der Waals surface area (Å²) in [6.45, 7) is 2.01. The van der Waals surface area contributed by atoms with Crippen LogP contribution in [0.4, 0.5) is 24.5 Å². The number of aryl methyl sites for hydroxylation is 1. The van der Waals surface area contributed by atoms with Crippen molar-refractivity contribution < 1.29 is 26.4 Å². The SMILES string of the molecule is Cc1ccccc1-n1ncc(C(=O)Nc2ccc(N3CCCS3(=O)=O)cc2)c1C(F)(F)F. The highest BCUT2D eigenvalue weighted by Crippen LogP contribution is 2.34. The zero-order valence-electron chi connectivity index (χ0n) is 16.9. The lowest BCUT2D eigenvalue weighted by molar-refractivity contribution is -0.143. The molecule has 0 radical (unpaired) electrons. The van der Waals surface area contributed by atoms with Crippen molar-refractivity contribution in [3.05, 3.63) is 71.5 Å². The number of benzene rings is 2. The summed E-state index contributed by atoms with van der Waals surface area (Å²) in [6, 6.07) is 12.3. The molecule has 1 fully saturated rings. The lowest BCUT2D eigenvalue weighted by Crippen LogP contribution is -2.25.